The molecule has 0 unspecified atom stereocenters. The summed E-state index contributed by atoms with van der Waals surface area (Å²) in [7, 11) is 0. The highest BCUT2D eigenvalue weighted by Gasteiger charge is 2.41. The topological polar surface area (TPSA) is 18.5 Å². The summed E-state index contributed by atoms with van der Waals surface area (Å²) in [6.45, 7) is 4.14. The Kier molecular flexibility index (Phi) is 2.08. The average molecular weight is 204 g/mol. The van der Waals surface area contributed by atoms with Crippen molar-refractivity contribution in [1.82, 2.24) is 0 Å². The summed E-state index contributed by atoms with van der Waals surface area (Å²) < 4.78 is 11.6. The smallest absolute Gasteiger partial charge is 0.156 e. The van der Waals surface area contributed by atoms with E-state index >= 15 is 0 Å². The molecule has 2 aliphatic rings. The molecule has 1 fully saturated rings. The van der Waals surface area contributed by atoms with E-state index < -0.39 is 0 Å². The molecule has 1 aromatic carbocycles. The minimum absolute atomic E-state index is 0.0765. The van der Waals surface area contributed by atoms with E-state index in [4.69, 9.17) is 9.47 Å². The molecule has 1 heterocycles. The van der Waals surface area contributed by atoms with Gasteiger partial charge in [-0.25, -0.2) is 0 Å². The Hall–Kier alpha value is -0.860. The van der Waals surface area contributed by atoms with Crippen molar-refractivity contribution in [2.75, 3.05) is 0 Å². The van der Waals surface area contributed by atoms with Gasteiger partial charge in [0.05, 0.1) is 12.2 Å². The molecule has 2 heteroatoms. The molecule has 1 saturated heterocycles. The summed E-state index contributed by atoms with van der Waals surface area (Å²) >= 11 is 0. The Morgan fingerprint density at radius 1 is 1.13 bits per heavy atom. The molecule has 15 heavy (non-hydrogen) atoms. The zero-order chi connectivity index (χ0) is 10.4. The van der Waals surface area contributed by atoms with Crippen molar-refractivity contribution in [1.29, 1.82) is 0 Å². The van der Waals surface area contributed by atoms with Gasteiger partial charge in [0.25, 0.3) is 0 Å². The van der Waals surface area contributed by atoms with Crippen LogP contribution in [0.5, 0.6) is 0 Å². The lowest BCUT2D eigenvalue weighted by Crippen LogP contribution is -2.37. The van der Waals surface area contributed by atoms with Gasteiger partial charge in [-0.1, -0.05) is 24.3 Å². The van der Waals surface area contributed by atoms with Gasteiger partial charge in [0.1, 0.15) is 0 Å². The van der Waals surface area contributed by atoms with Gasteiger partial charge < -0.3 is 9.47 Å². The number of rotatable bonds is 0. The van der Waals surface area contributed by atoms with Crippen LogP contribution in [-0.2, 0) is 15.9 Å². The molecule has 0 amide bonds. The zero-order valence-electron chi connectivity index (χ0n) is 9.14. The van der Waals surface area contributed by atoms with Crippen LogP contribution in [0.15, 0.2) is 24.3 Å². The summed E-state index contributed by atoms with van der Waals surface area (Å²) in [6, 6.07) is 8.58. The maximum atomic E-state index is 5.88. The van der Waals surface area contributed by atoms with E-state index in [2.05, 4.69) is 31.2 Å². The van der Waals surface area contributed by atoms with Crippen LogP contribution < -0.4 is 0 Å². The maximum absolute atomic E-state index is 5.88. The molecule has 0 spiro atoms. The van der Waals surface area contributed by atoms with Gasteiger partial charge in [-0.3, -0.25) is 0 Å². The van der Waals surface area contributed by atoms with Gasteiger partial charge in [0.2, 0.25) is 0 Å². The van der Waals surface area contributed by atoms with Crippen LogP contribution in [0.25, 0.3) is 0 Å². The first-order chi connectivity index (χ1) is 7.25. The van der Waals surface area contributed by atoms with Gasteiger partial charge in [-0.2, -0.15) is 0 Å². The van der Waals surface area contributed by atoms with Crippen LogP contribution in [0, 0.1) is 5.92 Å². The number of ether oxygens (including phenoxy) is 2. The molecule has 80 valence electrons. The molecular formula is C13H16O2. The summed E-state index contributed by atoms with van der Waals surface area (Å²) in [5, 5.41) is 0. The fourth-order valence-electron chi connectivity index (χ4n) is 2.82. The van der Waals surface area contributed by atoms with Crippen LogP contribution in [0.3, 0.4) is 0 Å². The van der Waals surface area contributed by atoms with Crippen LogP contribution in [-0.4, -0.2) is 12.4 Å². The lowest BCUT2D eigenvalue weighted by Gasteiger charge is -2.36. The third kappa shape index (κ3) is 1.40. The minimum atomic E-state index is -0.0765. The largest absolute Gasteiger partial charge is 0.350 e. The molecular weight excluding hydrogens is 188 g/mol. The summed E-state index contributed by atoms with van der Waals surface area (Å²) in [4.78, 5) is 0. The summed E-state index contributed by atoms with van der Waals surface area (Å²) in [6.07, 6.45) is 1.56. The van der Waals surface area contributed by atoms with Gasteiger partial charge >= 0.3 is 0 Å². The molecule has 4 atom stereocenters. The lowest BCUT2D eigenvalue weighted by atomic mass is 9.96. The molecule has 0 radical (unpaired) electrons. The third-order valence-corrected chi connectivity index (χ3v) is 3.55. The number of benzene rings is 1. The van der Waals surface area contributed by atoms with Crippen molar-refractivity contribution in [2.24, 2.45) is 5.92 Å². The van der Waals surface area contributed by atoms with Crippen molar-refractivity contribution in [3.63, 3.8) is 0 Å². The van der Waals surface area contributed by atoms with E-state index in [1.165, 1.54) is 11.1 Å². The Bertz CT molecular complexity index is 375. The predicted molar refractivity (Wildman–Crippen MR) is 57.5 cm³/mol. The van der Waals surface area contributed by atoms with Crippen LogP contribution in [0.2, 0.25) is 0 Å². The second-order valence-electron chi connectivity index (χ2n) is 4.53. The quantitative estimate of drug-likeness (QED) is 0.647. The highest BCUT2D eigenvalue weighted by Crippen LogP contribution is 2.44. The molecule has 0 saturated carbocycles. The second kappa shape index (κ2) is 3.32. The van der Waals surface area contributed by atoms with Gasteiger partial charge in [-0.05, 0) is 31.4 Å². The molecule has 1 aromatic rings. The van der Waals surface area contributed by atoms with Gasteiger partial charge in [-0.15, -0.1) is 0 Å². The van der Waals surface area contributed by atoms with Crippen molar-refractivity contribution < 1.29 is 9.47 Å². The molecule has 0 aromatic heterocycles. The highest BCUT2D eigenvalue weighted by molar-refractivity contribution is 5.35. The van der Waals surface area contributed by atoms with Crippen molar-refractivity contribution >= 4 is 0 Å². The van der Waals surface area contributed by atoms with Gasteiger partial charge in [0.15, 0.2) is 6.29 Å². The molecule has 1 aliphatic carbocycles. The van der Waals surface area contributed by atoms with Gasteiger partial charge in [0, 0.05) is 5.92 Å². The fourth-order valence-corrected chi connectivity index (χ4v) is 2.82. The van der Waals surface area contributed by atoms with E-state index in [0.717, 1.165) is 6.42 Å². The average Bonchev–Trinajstić information content (AvgIpc) is 2.57. The Morgan fingerprint density at radius 2 is 1.93 bits per heavy atom. The van der Waals surface area contributed by atoms with Crippen LogP contribution >= 0.6 is 0 Å². The first kappa shape index (κ1) is 9.37. The second-order valence-corrected chi connectivity index (χ2v) is 4.53. The first-order valence-corrected chi connectivity index (χ1v) is 5.64. The van der Waals surface area contributed by atoms with Crippen LogP contribution in [0.1, 0.15) is 31.1 Å². The number of hydrogen-bond acceptors (Lipinski definition) is 2. The SMILES string of the molecule is C[C@@H]1O[C@@H](C)[C@@H]2Cc3ccccc3[C@@H]2O1. The van der Waals surface area contributed by atoms with E-state index in [1.54, 1.807) is 0 Å². The standard InChI is InChI=1S/C13H16O2/c1-8-12-7-10-5-3-4-6-11(10)13(12)15-9(2)14-8/h3-6,8-9,12-13H,7H2,1-2H3/t8-,9+,12-,13-/m0/s1. The first-order valence-electron chi connectivity index (χ1n) is 5.64. The summed E-state index contributed by atoms with van der Waals surface area (Å²) in [5.41, 5.74) is 2.79. The zero-order valence-corrected chi connectivity index (χ0v) is 9.14. The maximum Gasteiger partial charge on any atom is 0.156 e. The number of fused-ring (bicyclic) bond motifs is 3. The summed E-state index contributed by atoms with van der Waals surface area (Å²) in [5.74, 6) is 0.499. The molecule has 0 N–H and O–H groups in total. The monoisotopic (exact) mass is 204 g/mol. The Labute approximate surface area is 90.2 Å². The van der Waals surface area contributed by atoms with Crippen LogP contribution in [0.4, 0.5) is 0 Å². The van der Waals surface area contributed by atoms with E-state index in [9.17, 15) is 0 Å². The highest BCUT2D eigenvalue weighted by atomic mass is 16.7. The van der Waals surface area contributed by atoms with Crippen molar-refractivity contribution in [2.45, 2.75) is 38.8 Å². The Balaban J connectivity index is 1.98. The predicted octanol–water partition coefficient (Wildman–Crippen LogP) is 2.68. The molecule has 0 bridgehead atoms. The lowest BCUT2D eigenvalue weighted by molar-refractivity contribution is -0.254. The minimum Gasteiger partial charge on any atom is -0.350 e. The molecule has 1 aliphatic heterocycles. The molecule has 2 nitrogen and oxygen atoms in total. The Morgan fingerprint density at radius 3 is 2.80 bits per heavy atom. The van der Waals surface area contributed by atoms with Crippen molar-refractivity contribution in [3.05, 3.63) is 35.4 Å². The number of hydrogen-bond donors (Lipinski definition) is 0. The van der Waals surface area contributed by atoms with E-state index in [1.807, 2.05) is 6.92 Å². The molecule has 3 rings (SSSR count). The fraction of sp³-hybridized carbons (Fsp3) is 0.538. The normalized spacial score (nSPS) is 38.5. The van der Waals surface area contributed by atoms with E-state index in [-0.39, 0.29) is 12.4 Å². The third-order valence-electron chi connectivity index (χ3n) is 3.55. The van der Waals surface area contributed by atoms with E-state index in [0.29, 0.717) is 12.0 Å². The van der Waals surface area contributed by atoms with Crippen molar-refractivity contribution in [3.8, 4) is 0 Å².